The summed E-state index contributed by atoms with van der Waals surface area (Å²) in [6, 6.07) is 8.91. The summed E-state index contributed by atoms with van der Waals surface area (Å²) in [5.74, 6) is -0.288. The van der Waals surface area contributed by atoms with Gasteiger partial charge in [0.1, 0.15) is 6.61 Å². The highest BCUT2D eigenvalue weighted by molar-refractivity contribution is 5.87. The number of likely N-dealkylation sites (N-methyl/N-ethyl adjacent to an activating group) is 1. The zero-order valence-electron chi connectivity index (χ0n) is 12.5. The second kappa shape index (κ2) is 7.09. The van der Waals surface area contributed by atoms with Crippen LogP contribution < -0.4 is 0 Å². The van der Waals surface area contributed by atoms with E-state index in [0.717, 1.165) is 5.56 Å². The zero-order valence-corrected chi connectivity index (χ0v) is 12.5. The highest BCUT2D eigenvalue weighted by Gasteiger charge is 2.38. The van der Waals surface area contributed by atoms with Gasteiger partial charge >= 0.3 is 6.09 Å². The minimum absolute atomic E-state index is 0.146. The molecular weight excluding hydrogens is 284 g/mol. The van der Waals surface area contributed by atoms with Crippen LogP contribution in [0.25, 0.3) is 0 Å². The Bertz CT molecular complexity index is 546. The highest BCUT2D eigenvalue weighted by atomic mass is 16.6. The van der Waals surface area contributed by atoms with Gasteiger partial charge in [-0.05, 0) is 11.6 Å². The molecule has 0 bridgehead atoms. The van der Waals surface area contributed by atoms with Crippen molar-refractivity contribution in [2.24, 2.45) is 0 Å². The lowest BCUT2D eigenvalue weighted by atomic mass is 10.2. The molecule has 0 unspecified atom stereocenters. The Balaban J connectivity index is 1.89. The van der Waals surface area contributed by atoms with Gasteiger partial charge in [0.2, 0.25) is 5.91 Å². The number of amides is 2. The number of benzene rings is 1. The van der Waals surface area contributed by atoms with Crippen molar-refractivity contribution in [3.63, 3.8) is 0 Å². The van der Waals surface area contributed by atoms with Crippen molar-refractivity contribution in [2.45, 2.75) is 18.8 Å². The summed E-state index contributed by atoms with van der Waals surface area (Å²) in [5, 5.41) is 10.0. The molecular formula is C16H20N2O4. The summed E-state index contributed by atoms with van der Waals surface area (Å²) in [7, 11) is 1.58. The topological polar surface area (TPSA) is 70.1 Å². The Morgan fingerprint density at radius 2 is 2.09 bits per heavy atom. The third-order valence-electron chi connectivity index (χ3n) is 3.74. The Hall–Kier alpha value is -2.34. The third-order valence-corrected chi connectivity index (χ3v) is 3.74. The minimum atomic E-state index is -0.793. The molecule has 0 aromatic heterocycles. The van der Waals surface area contributed by atoms with Crippen molar-refractivity contribution in [2.75, 3.05) is 20.1 Å². The van der Waals surface area contributed by atoms with E-state index in [1.54, 1.807) is 7.05 Å². The van der Waals surface area contributed by atoms with E-state index in [9.17, 15) is 14.7 Å². The number of aliphatic hydroxyl groups excluding tert-OH is 1. The van der Waals surface area contributed by atoms with E-state index in [2.05, 4.69) is 6.58 Å². The molecule has 6 heteroatoms. The van der Waals surface area contributed by atoms with Crippen molar-refractivity contribution in [1.29, 1.82) is 0 Å². The third kappa shape index (κ3) is 3.65. The second-order valence-corrected chi connectivity index (χ2v) is 5.23. The van der Waals surface area contributed by atoms with Gasteiger partial charge in [0.05, 0.1) is 18.7 Å². The van der Waals surface area contributed by atoms with E-state index in [0.29, 0.717) is 0 Å². The average molecular weight is 304 g/mol. The van der Waals surface area contributed by atoms with Gasteiger partial charge in [0.25, 0.3) is 0 Å². The largest absolute Gasteiger partial charge is 0.445 e. The molecule has 0 saturated carbocycles. The van der Waals surface area contributed by atoms with Gasteiger partial charge in [-0.1, -0.05) is 36.9 Å². The molecule has 1 N–H and O–H groups in total. The fraction of sp³-hybridized carbons (Fsp3) is 0.375. The first-order chi connectivity index (χ1) is 10.5. The van der Waals surface area contributed by atoms with E-state index in [4.69, 9.17) is 4.74 Å². The smallest absolute Gasteiger partial charge is 0.410 e. The number of ether oxygens (including phenoxy) is 1. The number of rotatable bonds is 4. The van der Waals surface area contributed by atoms with E-state index >= 15 is 0 Å². The molecule has 0 aliphatic carbocycles. The first-order valence-electron chi connectivity index (χ1n) is 7.06. The van der Waals surface area contributed by atoms with Crippen molar-refractivity contribution in [3.05, 3.63) is 48.6 Å². The van der Waals surface area contributed by atoms with Crippen molar-refractivity contribution < 1.29 is 19.4 Å². The summed E-state index contributed by atoms with van der Waals surface area (Å²) in [6.07, 6.45) is -0.105. The van der Waals surface area contributed by atoms with Gasteiger partial charge in [-0.25, -0.2) is 4.79 Å². The van der Waals surface area contributed by atoms with Gasteiger partial charge in [0.15, 0.2) is 0 Å². The van der Waals surface area contributed by atoms with Crippen LogP contribution in [0.3, 0.4) is 0 Å². The molecule has 2 rings (SSSR count). The Morgan fingerprint density at radius 1 is 1.41 bits per heavy atom. The lowest BCUT2D eigenvalue weighted by molar-refractivity contribution is -0.128. The van der Waals surface area contributed by atoms with Gasteiger partial charge in [-0.2, -0.15) is 0 Å². The van der Waals surface area contributed by atoms with E-state index < -0.39 is 18.2 Å². The number of aliphatic hydroxyl groups is 1. The summed E-state index contributed by atoms with van der Waals surface area (Å²) in [4.78, 5) is 26.4. The molecule has 1 fully saturated rings. The van der Waals surface area contributed by atoms with Crippen molar-refractivity contribution in [1.82, 2.24) is 9.80 Å². The van der Waals surface area contributed by atoms with Crippen LogP contribution in [0.2, 0.25) is 0 Å². The maximum absolute atomic E-state index is 12.0. The number of carbonyl (C=O) groups is 2. The monoisotopic (exact) mass is 304 g/mol. The molecule has 2 amide bonds. The molecule has 1 aromatic carbocycles. The van der Waals surface area contributed by atoms with Crippen LogP contribution in [0.15, 0.2) is 43.0 Å². The van der Waals surface area contributed by atoms with Crippen LogP contribution in [0.5, 0.6) is 0 Å². The molecule has 1 saturated heterocycles. The molecule has 6 nitrogen and oxygen atoms in total. The van der Waals surface area contributed by atoms with Gasteiger partial charge in [-0.3, -0.25) is 4.79 Å². The standard InChI is InChI=1S/C16H20N2O4/c1-3-15(20)17(2)13-9-18(10-14(13)19)16(21)22-11-12-7-5-4-6-8-12/h3-8,13-14,19H,1,9-11H2,2H3/t13-,14-/m1/s1. The van der Waals surface area contributed by atoms with Crippen molar-refractivity contribution >= 4 is 12.0 Å². The van der Waals surface area contributed by atoms with Crippen LogP contribution in [0, 0.1) is 0 Å². The maximum atomic E-state index is 12.0. The molecule has 0 radical (unpaired) electrons. The number of likely N-dealkylation sites (tertiary alicyclic amines) is 1. The van der Waals surface area contributed by atoms with E-state index in [-0.39, 0.29) is 25.6 Å². The van der Waals surface area contributed by atoms with Crippen LogP contribution in [-0.4, -0.2) is 59.2 Å². The molecule has 2 atom stereocenters. The number of hydrogen-bond donors (Lipinski definition) is 1. The zero-order chi connectivity index (χ0) is 16.1. The predicted octanol–water partition coefficient (Wildman–Crippen LogP) is 1.01. The molecule has 22 heavy (non-hydrogen) atoms. The fourth-order valence-electron chi connectivity index (χ4n) is 2.42. The van der Waals surface area contributed by atoms with Gasteiger partial charge in [-0.15, -0.1) is 0 Å². The number of carbonyl (C=O) groups excluding carboxylic acids is 2. The summed E-state index contributed by atoms with van der Waals surface area (Å²) in [6.45, 7) is 3.98. The fourth-order valence-corrected chi connectivity index (χ4v) is 2.42. The van der Waals surface area contributed by atoms with Crippen molar-refractivity contribution in [3.8, 4) is 0 Å². The molecule has 1 aliphatic heterocycles. The van der Waals surface area contributed by atoms with E-state index in [1.165, 1.54) is 15.9 Å². The SMILES string of the molecule is C=CC(=O)N(C)[C@@H]1CN(C(=O)OCc2ccccc2)C[C@H]1O. The van der Waals surface area contributed by atoms with Gasteiger partial charge < -0.3 is 19.6 Å². The van der Waals surface area contributed by atoms with Crippen LogP contribution in [-0.2, 0) is 16.1 Å². The summed E-state index contributed by atoms with van der Waals surface area (Å²) < 4.78 is 5.23. The summed E-state index contributed by atoms with van der Waals surface area (Å²) in [5.41, 5.74) is 0.895. The second-order valence-electron chi connectivity index (χ2n) is 5.23. The number of nitrogens with zero attached hydrogens (tertiary/aromatic N) is 2. The summed E-state index contributed by atoms with van der Waals surface area (Å²) >= 11 is 0. The molecule has 1 aliphatic rings. The maximum Gasteiger partial charge on any atom is 0.410 e. The van der Waals surface area contributed by atoms with Crippen LogP contribution >= 0.6 is 0 Å². The van der Waals surface area contributed by atoms with Crippen LogP contribution in [0.1, 0.15) is 5.56 Å². The first-order valence-corrected chi connectivity index (χ1v) is 7.06. The first kappa shape index (κ1) is 16.0. The lowest BCUT2D eigenvalue weighted by Crippen LogP contribution is -2.43. The molecule has 0 spiro atoms. The number of β-amino-alcohol motifs (C(OH)–C–C–N with tert-alkyl or cyclic N) is 1. The van der Waals surface area contributed by atoms with Gasteiger partial charge in [0, 0.05) is 13.6 Å². The molecule has 1 heterocycles. The lowest BCUT2D eigenvalue weighted by Gasteiger charge is -2.25. The predicted molar refractivity (Wildman–Crippen MR) is 81.0 cm³/mol. The Kier molecular flexibility index (Phi) is 5.16. The molecule has 1 aromatic rings. The Morgan fingerprint density at radius 3 is 2.73 bits per heavy atom. The molecule has 118 valence electrons. The quantitative estimate of drug-likeness (QED) is 0.843. The normalized spacial score (nSPS) is 20.5. The highest BCUT2D eigenvalue weighted by Crippen LogP contribution is 2.17. The Labute approximate surface area is 129 Å². The average Bonchev–Trinajstić information content (AvgIpc) is 2.94. The number of hydrogen-bond acceptors (Lipinski definition) is 4. The minimum Gasteiger partial charge on any atom is -0.445 e. The van der Waals surface area contributed by atoms with E-state index in [1.807, 2.05) is 30.3 Å². The van der Waals surface area contributed by atoms with Crippen LogP contribution in [0.4, 0.5) is 4.79 Å².